The lowest BCUT2D eigenvalue weighted by Crippen LogP contribution is -2.57. The Morgan fingerprint density at radius 2 is 1.94 bits per heavy atom. The maximum Gasteiger partial charge on any atom is 0.278 e. The number of amides is 2. The third kappa shape index (κ3) is 4.25. The number of nitrogens with one attached hydrogen (secondary N) is 1. The molecule has 6 nitrogen and oxygen atoms in total. The predicted molar refractivity (Wildman–Crippen MR) is 131 cm³/mol. The van der Waals surface area contributed by atoms with E-state index in [0.29, 0.717) is 11.5 Å². The zero-order chi connectivity index (χ0) is 23.8. The van der Waals surface area contributed by atoms with Gasteiger partial charge in [0.25, 0.3) is 5.91 Å². The predicted octanol–water partition coefficient (Wildman–Crippen LogP) is 4.43. The standard InChI is InChI=1S/C28H35N3O3/c1-18(2)34-31(19(3)20-8-5-4-6-9-20)27(32)22-11-12-23-21(16-22)13-15-30-26(23)17-25-24(28(30)33)10-7-14-29-25/h4-6,8-9,11-12,16,18-19,24-26,29H,7,10,13-15,17H2,1-3H3/t19-,24-,25-,26+/m1/s1. The number of nitrogens with zero attached hydrogens (tertiary/aromatic N) is 2. The number of hydroxylamine groups is 2. The number of benzene rings is 2. The van der Waals surface area contributed by atoms with Crippen molar-refractivity contribution in [1.82, 2.24) is 15.3 Å². The van der Waals surface area contributed by atoms with Gasteiger partial charge in [-0.3, -0.25) is 14.4 Å². The molecule has 3 heterocycles. The molecule has 4 atom stereocenters. The summed E-state index contributed by atoms with van der Waals surface area (Å²) < 4.78 is 0. The zero-order valence-electron chi connectivity index (χ0n) is 20.4. The summed E-state index contributed by atoms with van der Waals surface area (Å²) in [4.78, 5) is 34.9. The topological polar surface area (TPSA) is 61.9 Å². The van der Waals surface area contributed by atoms with E-state index in [4.69, 9.17) is 4.84 Å². The van der Waals surface area contributed by atoms with E-state index < -0.39 is 0 Å². The maximum atomic E-state index is 13.6. The molecule has 2 saturated heterocycles. The molecule has 2 fully saturated rings. The average Bonchev–Trinajstić information content (AvgIpc) is 2.86. The first kappa shape index (κ1) is 23.1. The van der Waals surface area contributed by atoms with E-state index in [0.717, 1.165) is 44.3 Å². The number of carbonyl (C=O) groups excluding carboxylic acids is 2. The third-order valence-corrected chi connectivity index (χ3v) is 7.57. The van der Waals surface area contributed by atoms with Gasteiger partial charge in [0.05, 0.1) is 24.1 Å². The molecular weight excluding hydrogens is 426 g/mol. The van der Waals surface area contributed by atoms with Crippen molar-refractivity contribution in [2.45, 2.75) is 70.7 Å². The number of rotatable bonds is 5. The number of hydrogen-bond donors (Lipinski definition) is 1. The Balaban J connectivity index is 1.41. The molecule has 3 aliphatic heterocycles. The van der Waals surface area contributed by atoms with E-state index in [1.54, 1.807) is 0 Å². The largest absolute Gasteiger partial charge is 0.335 e. The lowest BCUT2D eigenvalue weighted by molar-refractivity contribution is -0.174. The maximum absolute atomic E-state index is 13.6. The van der Waals surface area contributed by atoms with Crippen molar-refractivity contribution in [3.63, 3.8) is 0 Å². The van der Waals surface area contributed by atoms with Crippen LogP contribution in [0.3, 0.4) is 0 Å². The summed E-state index contributed by atoms with van der Waals surface area (Å²) in [5.41, 5.74) is 4.02. The Bertz CT molecular complexity index is 1050. The molecule has 0 bridgehead atoms. The van der Waals surface area contributed by atoms with Gasteiger partial charge in [0.2, 0.25) is 5.91 Å². The van der Waals surface area contributed by atoms with Crippen LogP contribution in [-0.4, -0.2) is 47.0 Å². The monoisotopic (exact) mass is 461 g/mol. The highest BCUT2D eigenvalue weighted by Gasteiger charge is 2.45. The molecule has 2 aromatic carbocycles. The van der Waals surface area contributed by atoms with Crippen molar-refractivity contribution in [3.8, 4) is 0 Å². The highest BCUT2D eigenvalue weighted by atomic mass is 16.7. The average molecular weight is 462 g/mol. The second kappa shape index (κ2) is 9.51. The van der Waals surface area contributed by atoms with Crippen LogP contribution >= 0.6 is 0 Å². The van der Waals surface area contributed by atoms with Gasteiger partial charge in [-0.25, -0.2) is 5.06 Å². The molecule has 34 heavy (non-hydrogen) atoms. The van der Waals surface area contributed by atoms with E-state index in [1.165, 1.54) is 16.2 Å². The van der Waals surface area contributed by atoms with Crippen molar-refractivity contribution >= 4 is 11.8 Å². The van der Waals surface area contributed by atoms with E-state index >= 15 is 0 Å². The molecule has 180 valence electrons. The molecule has 0 radical (unpaired) electrons. The summed E-state index contributed by atoms with van der Waals surface area (Å²) in [7, 11) is 0. The molecule has 1 N–H and O–H groups in total. The second-order valence-electron chi connectivity index (χ2n) is 10.1. The van der Waals surface area contributed by atoms with Crippen molar-refractivity contribution in [2.24, 2.45) is 5.92 Å². The smallest absolute Gasteiger partial charge is 0.278 e. The second-order valence-corrected chi connectivity index (χ2v) is 10.1. The molecule has 2 amide bonds. The fourth-order valence-corrected chi connectivity index (χ4v) is 5.85. The van der Waals surface area contributed by atoms with Gasteiger partial charge in [0.1, 0.15) is 0 Å². The molecule has 0 saturated carbocycles. The Morgan fingerprint density at radius 1 is 1.15 bits per heavy atom. The molecule has 0 spiro atoms. The SMILES string of the molecule is CC(C)ON(C(=O)c1ccc2c(c1)CCN1C(=O)[C@@H]3CCCN[C@@H]3C[C@@H]21)[C@H](C)c1ccccc1. The number of piperidine rings is 2. The van der Waals surface area contributed by atoms with Crippen LogP contribution in [-0.2, 0) is 16.1 Å². The van der Waals surface area contributed by atoms with E-state index in [1.807, 2.05) is 63.2 Å². The lowest BCUT2D eigenvalue weighted by atomic mass is 9.77. The zero-order valence-corrected chi connectivity index (χ0v) is 20.4. The van der Waals surface area contributed by atoms with Crippen molar-refractivity contribution < 1.29 is 14.4 Å². The molecule has 0 aromatic heterocycles. The van der Waals surface area contributed by atoms with Gasteiger partial charge in [-0.1, -0.05) is 36.4 Å². The Morgan fingerprint density at radius 3 is 2.71 bits per heavy atom. The Hall–Kier alpha value is -2.70. The van der Waals surface area contributed by atoms with Gasteiger partial charge in [0.15, 0.2) is 0 Å². The molecular formula is C28H35N3O3. The normalized spacial score (nSPS) is 24.8. The van der Waals surface area contributed by atoms with Gasteiger partial charge >= 0.3 is 0 Å². The summed E-state index contributed by atoms with van der Waals surface area (Å²) in [5, 5.41) is 5.09. The summed E-state index contributed by atoms with van der Waals surface area (Å²) in [6.45, 7) is 7.59. The van der Waals surface area contributed by atoms with Crippen LogP contribution in [0.5, 0.6) is 0 Å². The minimum Gasteiger partial charge on any atom is -0.335 e. The van der Waals surface area contributed by atoms with Crippen LogP contribution in [0.1, 0.15) is 79.2 Å². The first-order chi connectivity index (χ1) is 16.4. The van der Waals surface area contributed by atoms with Crippen molar-refractivity contribution in [2.75, 3.05) is 13.1 Å². The Kier molecular flexibility index (Phi) is 6.45. The fraction of sp³-hybridized carbons (Fsp3) is 0.500. The number of hydrogen-bond acceptors (Lipinski definition) is 4. The first-order valence-electron chi connectivity index (χ1n) is 12.7. The minimum absolute atomic E-state index is 0.0958. The molecule has 2 aromatic rings. The van der Waals surface area contributed by atoms with E-state index in [9.17, 15) is 9.59 Å². The molecule has 3 aliphatic rings. The molecule has 0 aliphatic carbocycles. The van der Waals surface area contributed by atoms with Gasteiger partial charge in [-0.15, -0.1) is 0 Å². The fourth-order valence-electron chi connectivity index (χ4n) is 5.85. The van der Waals surface area contributed by atoms with Gasteiger partial charge in [-0.2, -0.15) is 0 Å². The van der Waals surface area contributed by atoms with Gasteiger partial charge in [-0.05, 0) is 81.8 Å². The van der Waals surface area contributed by atoms with Crippen LogP contribution in [0.2, 0.25) is 0 Å². The van der Waals surface area contributed by atoms with Crippen LogP contribution in [0.4, 0.5) is 0 Å². The first-order valence-corrected chi connectivity index (χ1v) is 12.7. The van der Waals surface area contributed by atoms with Crippen LogP contribution in [0.15, 0.2) is 48.5 Å². The molecule has 0 unspecified atom stereocenters. The van der Waals surface area contributed by atoms with Crippen LogP contribution < -0.4 is 5.32 Å². The van der Waals surface area contributed by atoms with Crippen molar-refractivity contribution in [1.29, 1.82) is 0 Å². The van der Waals surface area contributed by atoms with E-state index in [-0.39, 0.29) is 36.1 Å². The molecule has 5 rings (SSSR count). The summed E-state index contributed by atoms with van der Waals surface area (Å²) >= 11 is 0. The minimum atomic E-state index is -0.215. The highest BCUT2D eigenvalue weighted by Crippen LogP contribution is 2.41. The van der Waals surface area contributed by atoms with E-state index in [2.05, 4.69) is 16.3 Å². The van der Waals surface area contributed by atoms with Gasteiger partial charge < -0.3 is 10.2 Å². The Labute approximate surface area is 202 Å². The van der Waals surface area contributed by atoms with Gasteiger partial charge in [0, 0.05) is 18.2 Å². The van der Waals surface area contributed by atoms with Crippen LogP contribution in [0, 0.1) is 5.92 Å². The third-order valence-electron chi connectivity index (χ3n) is 7.57. The summed E-state index contributed by atoms with van der Waals surface area (Å²) in [5.74, 6) is 0.282. The van der Waals surface area contributed by atoms with Crippen molar-refractivity contribution in [3.05, 3.63) is 70.8 Å². The summed E-state index contributed by atoms with van der Waals surface area (Å²) in [6, 6.07) is 16.1. The number of carbonyl (C=O) groups is 2. The highest BCUT2D eigenvalue weighted by molar-refractivity contribution is 5.94. The summed E-state index contributed by atoms with van der Waals surface area (Å²) in [6.07, 6.45) is 3.67. The quantitative estimate of drug-likeness (QED) is 0.670. The number of fused-ring (bicyclic) bond motifs is 4. The molecule has 6 heteroatoms. The van der Waals surface area contributed by atoms with Crippen LogP contribution in [0.25, 0.3) is 0 Å². The lowest BCUT2D eigenvalue weighted by Gasteiger charge is -2.48.